The van der Waals surface area contributed by atoms with Crippen molar-refractivity contribution >= 4 is 17.5 Å². The molecule has 3 nitrogen and oxygen atoms in total. The van der Waals surface area contributed by atoms with Crippen molar-refractivity contribution in [2.75, 3.05) is 26.3 Å². The summed E-state index contributed by atoms with van der Waals surface area (Å²) >= 11 is 6.20. The van der Waals surface area contributed by atoms with Crippen LogP contribution in [0, 0.1) is 0 Å². The van der Waals surface area contributed by atoms with Crippen molar-refractivity contribution in [3.63, 3.8) is 0 Å². The van der Waals surface area contributed by atoms with Crippen LogP contribution in [-0.4, -0.2) is 42.5 Å². The van der Waals surface area contributed by atoms with Crippen LogP contribution in [0.4, 0.5) is 0 Å². The third kappa shape index (κ3) is 7.17. The van der Waals surface area contributed by atoms with Crippen LogP contribution in [0.3, 0.4) is 0 Å². The van der Waals surface area contributed by atoms with Gasteiger partial charge in [-0.05, 0) is 6.42 Å². The van der Waals surface area contributed by atoms with Crippen LogP contribution < -0.4 is 0 Å². The molecule has 1 atom stereocenters. The summed E-state index contributed by atoms with van der Waals surface area (Å²) < 4.78 is 5.24. The Kier molecular flexibility index (Phi) is 9.27. The summed E-state index contributed by atoms with van der Waals surface area (Å²) in [6.45, 7) is 4.91. The Morgan fingerprint density at radius 3 is 2.32 bits per heavy atom. The first-order valence-electron chi connectivity index (χ1n) is 7.76. The van der Waals surface area contributed by atoms with Gasteiger partial charge in [0.15, 0.2) is 0 Å². The molecule has 0 spiro atoms. The molecule has 112 valence electrons. The smallest absolute Gasteiger partial charge is 0.240 e. The monoisotopic (exact) mass is 289 g/mol. The number of alkyl halides is 1. The van der Waals surface area contributed by atoms with Crippen LogP contribution >= 0.6 is 11.6 Å². The number of unbranched alkanes of at least 4 members (excludes halogenated alkanes) is 6. The predicted molar refractivity (Wildman–Crippen MR) is 79.7 cm³/mol. The van der Waals surface area contributed by atoms with E-state index in [9.17, 15) is 4.79 Å². The molecule has 1 rings (SSSR count). The quantitative estimate of drug-likeness (QED) is 0.479. The van der Waals surface area contributed by atoms with Crippen LogP contribution in [0.15, 0.2) is 0 Å². The molecule has 1 fully saturated rings. The van der Waals surface area contributed by atoms with Crippen molar-refractivity contribution in [2.24, 2.45) is 0 Å². The van der Waals surface area contributed by atoms with E-state index >= 15 is 0 Å². The van der Waals surface area contributed by atoms with Gasteiger partial charge in [0.1, 0.15) is 5.38 Å². The molecule has 0 N–H and O–H groups in total. The fourth-order valence-electron chi connectivity index (χ4n) is 2.39. The van der Waals surface area contributed by atoms with E-state index in [1.54, 1.807) is 0 Å². The second kappa shape index (κ2) is 10.5. The number of nitrogens with zero attached hydrogens (tertiary/aromatic N) is 1. The summed E-state index contributed by atoms with van der Waals surface area (Å²) in [5, 5.41) is -0.339. The van der Waals surface area contributed by atoms with Crippen LogP contribution in [0.5, 0.6) is 0 Å². The van der Waals surface area contributed by atoms with E-state index in [2.05, 4.69) is 6.92 Å². The molecular formula is C15H28ClNO2. The minimum Gasteiger partial charge on any atom is -0.378 e. The highest BCUT2D eigenvalue weighted by atomic mass is 35.5. The van der Waals surface area contributed by atoms with Gasteiger partial charge in [-0.15, -0.1) is 11.6 Å². The topological polar surface area (TPSA) is 29.5 Å². The van der Waals surface area contributed by atoms with Crippen LogP contribution in [-0.2, 0) is 9.53 Å². The lowest BCUT2D eigenvalue weighted by Crippen LogP contribution is -2.44. The number of carbonyl (C=O) groups excluding carboxylic acids is 1. The summed E-state index contributed by atoms with van der Waals surface area (Å²) in [6, 6.07) is 0. The molecule has 1 amide bonds. The van der Waals surface area contributed by atoms with E-state index in [4.69, 9.17) is 16.3 Å². The lowest BCUT2D eigenvalue weighted by atomic mass is 10.1. The standard InChI is InChI=1S/C15H28ClNO2/c1-2-3-4-5-6-7-8-9-14(16)15(18)17-10-12-19-13-11-17/h14H,2-13H2,1H3. The highest BCUT2D eigenvalue weighted by molar-refractivity contribution is 6.30. The van der Waals surface area contributed by atoms with Gasteiger partial charge >= 0.3 is 0 Å². The summed E-state index contributed by atoms with van der Waals surface area (Å²) in [6.07, 6.45) is 9.64. The van der Waals surface area contributed by atoms with E-state index in [0.717, 1.165) is 12.8 Å². The van der Waals surface area contributed by atoms with Crippen molar-refractivity contribution < 1.29 is 9.53 Å². The van der Waals surface area contributed by atoms with E-state index < -0.39 is 0 Å². The van der Waals surface area contributed by atoms with E-state index in [-0.39, 0.29) is 11.3 Å². The number of amides is 1. The van der Waals surface area contributed by atoms with Gasteiger partial charge < -0.3 is 9.64 Å². The highest BCUT2D eigenvalue weighted by Crippen LogP contribution is 2.15. The maximum Gasteiger partial charge on any atom is 0.240 e. The van der Waals surface area contributed by atoms with Crippen molar-refractivity contribution in [1.29, 1.82) is 0 Å². The molecule has 0 aliphatic carbocycles. The molecule has 0 aromatic carbocycles. The minimum atomic E-state index is -0.339. The number of rotatable bonds is 9. The van der Waals surface area contributed by atoms with E-state index in [0.29, 0.717) is 26.3 Å². The molecular weight excluding hydrogens is 262 g/mol. The van der Waals surface area contributed by atoms with Crippen molar-refractivity contribution in [1.82, 2.24) is 4.90 Å². The number of halogens is 1. The van der Waals surface area contributed by atoms with Crippen molar-refractivity contribution in [3.8, 4) is 0 Å². The number of hydrogen-bond acceptors (Lipinski definition) is 2. The number of carbonyl (C=O) groups is 1. The Bertz CT molecular complexity index is 242. The molecule has 1 heterocycles. The lowest BCUT2D eigenvalue weighted by molar-refractivity contribution is -0.135. The molecule has 0 saturated carbocycles. The maximum absolute atomic E-state index is 12.0. The van der Waals surface area contributed by atoms with E-state index in [1.165, 1.54) is 38.5 Å². The predicted octanol–water partition coefficient (Wildman–Crippen LogP) is 3.59. The molecule has 0 aromatic heterocycles. The van der Waals surface area contributed by atoms with Gasteiger partial charge in [0.25, 0.3) is 0 Å². The zero-order valence-electron chi connectivity index (χ0n) is 12.2. The summed E-state index contributed by atoms with van der Waals surface area (Å²) in [7, 11) is 0. The van der Waals surface area contributed by atoms with Crippen molar-refractivity contribution in [3.05, 3.63) is 0 Å². The third-order valence-corrected chi connectivity index (χ3v) is 4.06. The largest absolute Gasteiger partial charge is 0.378 e. The van der Waals surface area contributed by atoms with Gasteiger partial charge in [0.05, 0.1) is 13.2 Å². The molecule has 0 aromatic rings. The van der Waals surface area contributed by atoms with Gasteiger partial charge in [-0.25, -0.2) is 0 Å². The lowest BCUT2D eigenvalue weighted by Gasteiger charge is -2.28. The Morgan fingerprint density at radius 1 is 1.11 bits per heavy atom. The highest BCUT2D eigenvalue weighted by Gasteiger charge is 2.23. The second-order valence-electron chi connectivity index (χ2n) is 5.32. The first-order chi connectivity index (χ1) is 9.25. The molecule has 1 aliphatic rings. The first-order valence-corrected chi connectivity index (χ1v) is 8.20. The molecule has 0 bridgehead atoms. The molecule has 1 saturated heterocycles. The Balaban J connectivity index is 2.03. The average molecular weight is 290 g/mol. The zero-order chi connectivity index (χ0) is 13.9. The van der Waals surface area contributed by atoms with Gasteiger partial charge in [0.2, 0.25) is 5.91 Å². The summed E-state index contributed by atoms with van der Waals surface area (Å²) in [5.74, 6) is 0.0935. The van der Waals surface area contributed by atoms with Crippen molar-refractivity contribution in [2.45, 2.75) is 63.7 Å². The van der Waals surface area contributed by atoms with Gasteiger partial charge in [-0.2, -0.15) is 0 Å². The van der Waals surface area contributed by atoms with Crippen LogP contribution in [0.1, 0.15) is 58.3 Å². The average Bonchev–Trinajstić information content (AvgIpc) is 2.46. The SMILES string of the molecule is CCCCCCCCCC(Cl)C(=O)N1CCOCC1. The Labute approximate surface area is 122 Å². The molecule has 19 heavy (non-hydrogen) atoms. The van der Waals surface area contributed by atoms with Gasteiger partial charge in [-0.1, -0.05) is 51.9 Å². The summed E-state index contributed by atoms with van der Waals surface area (Å²) in [5.41, 5.74) is 0. The number of hydrogen-bond donors (Lipinski definition) is 0. The normalized spacial score (nSPS) is 17.5. The number of ether oxygens (including phenoxy) is 1. The third-order valence-electron chi connectivity index (χ3n) is 3.65. The maximum atomic E-state index is 12.0. The first kappa shape index (κ1) is 16.8. The fourth-order valence-corrected chi connectivity index (χ4v) is 2.68. The molecule has 1 unspecified atom stereocenters. The zero-order valence-corrected chi connectivity index (χ0v) is 13.0. The minimum absolute atomic E-state index is 0.0935. The van der Waals surface area contributed by atoms with Crippen LogP contribution in [0.25, 0.3) is 0 Å². The molecule has 4 heteroatoms. The Morgan fingerprint density at radius 2 is 1.68 bits per heavy atom. The second-order valence-corrected chi connectivity index (χ2v) is 5.84. The molecule has 0 radical (unpaired) electrons. The van der Waals surface area contributed by atoms with Gasteiger partial charge in [-0.3, -0.25) is 4.79 Å². The fraction of sp³-hybridized carbons (Fsp3) is 0.933. The Hall–Kier alpha value is -0.280. The number of morpholine rings is 1. The summed E-state index contributed by atoms with van der Waals surface area (Å²) in [4.78, 5) is 13.9. The van der Waals surface area contributed by atoms with E-state index in [1.807, 2.05) is 4.90 Å². The van der Waals surface area contributed by atoms with Crippen LogP contribution in [0.2, 0.25) is 0 Å². The van der Waals surface area contributed by atoms with Gasteiger partial charge in [0, 0.05) is 13.1 Å². The molecule has 1 aliphatic heterocycles.